The van der Waals surface area contributed by atoms with Gasteiger partial charge in [0.05, 0.1) is 0 Å². The highest BCUT2D eigenvalue weighted by Gasteiger charge is 2.18. The number of likely N-dealkylation sites (tertiary alicyclic amines) is 1. The molecule has 0 spiro atoms. The van der Waals surface area contributed by atoms with Crippen LogP contribution in [0.1, 0.15) is 24.3 Å². The van der Waals surface area contributed by atoms with Gasteiger partial charge < -0.3 is 10.6 Å². The van der Waals surface area contributed by atoms with E-state index in [2.05, 4.69) is 42.3 Å². The van der Waals surface area contributed by atoms with Crippen LogP contribution < -0.4 is 5.73 Å². The molecule has 2 aromatic rings. The molecule has 1 fully saturated rings. The summed E-state index contributed by atoms with van der Waals surface area (Å²) in [5.74, 6) is 0.701. The third kappa shape index (κ3) is 2.86. The molecular formula is C18H22N2. The Labute approximate surface area is 121 Å². The molecule has 0 aliphatic carbocycles. The van der Waals surface area contributed by atoms with Crippen LogP contribution in [0.5, 0.6) is 0 Å². The number of hydrogen-bond acceptors (Lipinski definition) is 2. The van der Waals surface area contributed by atoms with Crippen molar-refractivity contribution in [3.8, 4) is 11.1 Å². The standard InChI is InChI=1S/C18H22N2/c1-20-10-8-14(9-11-20)15-4-2-5-16(12-15)17-6-3-7-18(19)13-17/h2-7,12-14H,8-11,19H2,1H3. The lowest BCUT2D eigenvalue weighted by atomic mass is 9.88. The summed E-state index contributed by atoms with van der Waals surface area (Å²) in [6, 6.07) is 17.1. The van der Waals surface area contributed by atoms with Crippen LogP contribution in [0.25, 0.3) is 11.1 Å². The van der Waals surface area contributed by atoms with Gasteiger partial charge in [-0.25, -0.2) is 0 Å². The Morgan fingerprint density at radius 1 is 0.950 bits per heavy atom. The first kappa shape index (κ1) is 13.2. The van der Waals surface area contributed by atoms with Gasteiger partial charge in [0.25, 0.3) is 0 Å². The van der Waals surface area contributed by atoms with Crippen molar-refractivity contribution < 1.29 is 0 Å². The maximum atomic E-state index is 5.89. The van der Waals surface area contributed by atoms with Crippen LogP contribution in [0.15, 0.2) is 48.5 Å². The van der Waals surface area contributed by atoms with Crippen molar-refractivity contribution in [1.82, 2.24) is 4.90 Å². The van der Waals surface area contributed by atoms with Gasteiger partial charge in [-0.05, 0) is 67.7 Å². The van der Waals surface area contributed by atoms with Gasteiger partial charge in [0.2, 0.25) is 0 Å². The average molecular weight is 266 g/mol. The van der Waals surface area contributed by atoms with Gasteiger partial charge in [0, 0.05) is 5.69 Å². The van der Waals surface area contributed by atoms with E-state index in [9.17, 15) is 0 Å². The Balaban J connectivity index is 1.86. The number of nitrogens with two attached hydrogens (primary N) is 1. The molecule has 0 saturated carbocycles. The minimum atomic E-state index is 0.701. The predicted octanol–water partition coefficient (Wildman–Crippen LogP) is 3.75. The maximum absolute atomic E-state index is 5.89. The lowest BCUT2D eigenvalue weighted by molar-refractivity contribution is 0.255. The molecule has 2 aromatic carbocycles. The number of piperidine rings is 1. The summed E-state index contributed by atoms with van der Waals surface area (Å²) in [5, 5.41) is 0. The van der Waals surface area contributed by atoms with Gasteiger partial charge in [-0.3, -0.25) is 0 Å². The molecule has 0 radical (unpaired) electrons. The minimum absolute atomic E-state index is 0.701. The van der Waals surface area contributed by atoms with Crippen molar-refractivity contribution in [3.05, 3.63) is 54.1 Å². The fourth-order valence-corrected chi connectivity index (χ4v) is 3.03. The molecule has 104 valence electrons. The van der Waals surface area contributed by atoms with E-state index in [0.29, 0.717) is 5.92 Å². The molecule has 2 nitrogen and oxygen atoms in total. The average Bonchev–Trinajstić information content (AvgIpc) is 2.48. The second-order valence-electron chi connectivity index (χ2n) is 5.83. The quantitative estimate of drug-likeness (QED) is 0.839. The van der Waals surface area contributed by atoms with Gasteiger partial charge in [0.15, 0.2) is 0 Å². The molecule has 0 bridgehead atoms. The summed E-state index contributed by atoms with van der Waals surface area (Å²) in [7, 11) is 2.21. The van der Waals surface area contributed by atoms with Crippen molar-refractivity contribution in [3.63, 3.8) is 0 Å². The largest absolute Gasteiger partial charge is 0.399 e. The van der Waals surface area contributed by atoms with Gasteiger partial charge >= 0.3 is 0 Å². The topological polar surface area (TPSA) is 29.3 Å². The molecule has 1 heterocycles. The third-order valence-electron chi connectivity index (χ3n) is 4.30. The normalized spacial score (nSPS) is 17.2. The molecule has 2 N–H and O–H groups in total. The number of benzene rings is 2. The Morgan fingerprint density at radius 2 is 1.60 bits per heavy atom. The highest BCUT2D eigenvalue weighted by Crippen LogP contribution is 2.30. The molecule has 0 atom stereocenters. The molecule has 1 aliphatic heterocycles. The van der Waals surface area contributed by atoms with E-state index >= 15 is 0 Å². The molecule has 3 rings (SSSR count). The molecule has 20 heavy (non-hydrogen) atoms. The van der Waals surface area contributed by atoms with Gasteiger partial charge in [-0.15, -0.1) is 0 Å². The van der Waals surface area contributed by atoms with Gasteiger partial charge in [-0.2, -0.15) is 0 Å². The SMILES string of the molecule is CN1CCC(c2cccc(-c3cccc(N)c3)c2)CC1. The van der Waals surface area contributed by atoms with E-state index < -0.39 is 0 Å². The highest BCUT2D eigenvalue weighted by molar-refractivity contribution is 5.68. The van der Waals surface area contributed by atoms with E-state index in [0.717, 1.165) is 5.69 Å². The Kier molecular flexibility index (Phi) is 3.75. The van der Waals surface area contributed by atoms with E-state index in [1.54, 1.807) is 0 Å². The number of hydrogen-bond donors (Lipinski definition) is 1. The minimum Gasteiger partial charge on any atom is -0.399 e. The first-order valence-electron chi connectivity index (χ1n) is 7.37. The first-order chi connectivity index (χ1) is 9.72. The predicted molar refractivity (Wildman–Crippen MR) is 85.8 cm³/mol. The molecule has 0 aromatic heterocycles. The summed E-state index contributed by atoms with van der Waals surface area (Å²) < 4.78 is 0. The Bertz CT molecular complexity index is 583. The molecular weight excluding hydrogens is 244 g/mol. The zero-order valence-electron chi connectivity index (χ0n) is 12.0. The van der Waals surface area contributed by atoms with E-state index in [1.165, 1.54) is 42.6 Å². The molecule has 0 amide bonds. The van der Waals surface area contributed by atoms with Crippen LogP contribution >= 0.6 is 0 Å². The fraction of sp³-hybridized carbons (Fsp3) is 0.333. The lowest BCUT2D eigenvalue weighted by Gasteiger charge is -2.29. The van der Waals surface area contributed by atoms with Crippen molar-refractivity contribution in [1.29, 1.82) is 0 Å². The van der Waals surface area contributed by atoms with Gasteiger partial charge in [0.1, 0.15) is 0 Å². The second-order valence-corrected chi connectivity index (χ2v) is 5.83. The van der Waals surface area contributed by atoms with E-state index in [-0.39, 0.29) is 0 Å². The van der Waals surface area contributed by atoms with Crippen LogP contribution in [0, 0.1) is 0 Å². The van der Waals surface area contributed by atoms with Crippen LogP contribution in [0.2, 0.25) is 0 Å². The van der Waals surface area contributed by atoms with Crippen molar-refractivity contribution in [2.45, 2.75) is 18.8 Å². The smallest absolute Gasteiger partial charge is 0.0320 e. The summed E-state index contributed by atoms with van der Waals surface area (Å²) in [4.78, 5) is 2.41. The zero-order valence-corrected chi connectivity index (χ0v) is 12.0. The summed E-state index contributed by atoms with van der Waals surface area (Å²) in [6.07, 6.45) is 2.52. The second kappa shape index (κ2) is 5.68. The number of nitrogens with zero attached hydrogens (tertiary/aromatic N) is 1. The van der Waals surface area contributed by atoms with Crippen LogP contribution in [0.4, 0.5) is 5.69 Å². The maximum Gasteiger partial charge on any atom is 0.0320 e. The van der Waals surface area contributed by atoms with E-state index in [1.807, 2.05) is 18.2 Å². The van der Waals surface area contributed by atoms with E-state index in [4.69, 9.17) is 5.73 Å². The first-order valence-corrected chi connectivity index (χ1v) is 7.37. The van der Waals surface area contributed by atoms with Crippen LogP contribution in [-0.4, -0.2) is 25.0 Å². The third-order valence-corrected chi connectivity index (χ3v) is 4.30. The monoisotopic (exact) mass is 266 g/mol. The van der Waals surface area contributed by atoms with Crippen LogP contribution in [-0.2, 0) is 0 Å². The van der Waals surface area contributed by atoms with Crippen molar-refractivity contribution in [2.24, 2.45) is 0 Å². The van der Waals surface area contributed by atoms with Crippen LogP contribution in [0.3, 0.4) is 0 Å². The summed E-state index contributed by atoms with van der Waals surface area (Å²) >= 11 is 0. The molecule has 1 aliphatic rings. The van der Waals surface area contributed by atoms with Crippen molar-refractivity contribution >= 4 is 5.69 Å². The fourth-order valence-electron chi connectivity index (χ4n) is 3.03. The lowest BCUT2D eigenvalue weighted by Crippen LogP contribution is -2.29. The highest BCUT2D eigenvalue weighted by atomic mass is 15.1. The Morgan fingerprint density at radius 3 is 2.30 bits per heavy atom. The molecule has 0 unspecified atom stereocenters. The Hall–Kier alpha value is -1.80. The van der Waals surface area contributed by atoms with Gasteiger partial charge in [-0.1, -0.05) is 36.4 Å². The number of anilines is 1. The molecule has 1 saturated heterocycles. The zero-order chi connectivity index (χ0) is 13.9. The number of rotatable bonds is 2. The number of nitrogen functional groups attached to an aromatic ring is 1. The van der Waals surface area contributed by atoms with Crippen molar-refractivity contribution in [2.75, 3.05) is 25.9 Å². The molecule has 2 heteroatoms. The summed E-state index contributed by atoms with van der Waals surface area (Å²) in [5.41, 5.74) is 10.7. The summed E-state index contributed by atoms with van der Waals surface area (Å²) in [6.45, 7) is 2.40.